The van der Waals surface area contributed by atoms with Crippen LogP contribution in [0, 0.1) is 11.7 Å². The van der Waals surface area contributed by atoms with E-state index < -0.39 is 12.2 Å². The summed E-state index contributed by atoms with van der Waals surface area (Å²) in [4.78, 5) is 57.4. The number of nitrogens with one attached hydrogen (secondary N) is 1. The number of anilines is 1. The van der Waals surface area contributed by atoms with Crippen molar-refractivity contribution >= 4 is 29.3 Å². The lowest BCUT2D eigenvalue weighted by atomic mass is 9.81. The number of Topliss-reactive ketones (excluding diaryl/α,β-unsaturated/α-hetero) is 1. The molecule has 1 aliphatic carbocycles. The van der Waals surface area contributed by atoms with Crippen molar-refractivity contribution in [3.8, 4) is 0 Å². The molecule has 2 atom stereocenters. The Bertz CT molecular complexity index is 1230. The van der Waals surface area contributed by atoms with Gasteiger partial charge in [-0.05, 0) is 74.1 Å². The maximum Gasteiger partial charge on any atom is 0.323 e. The molecule has 8 nitrogen and oxygen atoms in total. The first-order valence-corrected chi connectivity index (χ1v) is 13.8. The number of urea groups is 1. The molecule has 2 saturated heterocycles. The van der Waals surface area contributed by atoms with Crippen molar-refractivity contribution in [2.24, 2.45) is 5.92 Å². The zero-order valence-electron chi connectivity index (χ0n) is 22.3. The predicted octanol–water partition coefficient (Wildman–Crippen LogP) is 4.45. The number of nitrogens with zero attached hydrogens (tertiary/aromatic N) is 3. The Morgan fingerprint density at radius 2 is 1.67 bits per heavy atom. The first-order valence-electron chi connectivity index (χ1n) is 13.8. The zero-order valence-corrected chi connectivity index (χ0v) is 22.3. The number of fused-ring (bicyclic) bond motifs is 1. The van der Waals surface area contributed by atoms with E-state index in [1.807, 2.05) is 0 Å². The molecule has 5 rings (SSSR count). The summed E-state index contributed by atoms with van der Waals surface area (Å²) < 4.78 is 13.4. The first-order chi connectivity index (χ1) is 18.8. The standard InChI is InChI=1S/C30H35FN4O4/c1-20(36)22-9-13-25(14-10-22)32-30(39)34-18-16-27(37)35-26(34)19-33(17-15-21-7-11-24(31)12-8-21)29(38)28(35)23-5-3-2-4-6-23/h7-14,23,26,28H,2-6,15-19H2,1H3,(H,32,39)/t26-,28+/m1/s1. The topological polar surface area (TPSA) is 90.0 Å². The molecule has 1 N–H and O–H groups in total. The molecule has 0 bridgehead atoms. The molecular formula is C30H35FN4O4. The van der Waals surface area contributed by atoms with Gasteiger partial charge >= 0.3 is 6.03 Å². The minimum atomic E-state index is -0.588. The summed E-state index contributed by atoms with van der Waals surface area (Å²) in [6.07, 6.45) is 5.09. The lowest BCUT2D eigenvalue weighted by Gasteiger charge is -2.54. The number of piperazine rings is 1. The van der Waals surface area contributed by atoms with Crippen LogP contribution in [0.2, 0.25) is 0 Å². The number of benzene rings is 2. The van der Waals surface area contributed by atoms with E-state index in [1.165, 1.54) is 19.1 Å². The van der Waals surface area contributed by atoms with Gasteiger partial charge in [0.05, 0.1) is 6.54 Å². The molecule has 0 aromatic heterocycles. The maximum absolute atomic E-state index is 13.9. The van der Waals surface area contributed by atoms with Crippen LogP contribution in [0.25, 0.3) is 0 Å². The van der Waals surface area contributed by atoms with Gasteiger partial charge in [0.2, 0.25) is 11.8 Å². The first kappa shape index (κ1) is 26.8. The minimum absolute atomic E-state index is 0.0561. The normalized spacial score (nSPS) is 22.1. The van der Waals surface area contributed by atoms with E-state index in [0.717, 1.165) is 37.7 Å². The number of rotatable bonds is 6. The number of ketones is 1. The van der Waals surface area contributed by atoms with Crippen LogP contribution in [0.5, 0.6) is 0 Å². The summed E-state index contributed by atoms with van der Waals surface area (Å²) in [5.41, 5.74) is 2.03. The maximum atomic E-state index is 13.9. The predicted molar refractivity (Wildman–Crippen MR) is 144 cm³/mol. The third-order valence-electron chi connectivity index (χ3n) is 8.27. The van der Waals surface area contributed by atoms with Gasteiger partial charge in [-0.25, -0.2) is 9.18 Å². The highest BCUT2D eigenvalue weighted by Crippen LogP contribution is 2.36. The van der Waals surface area contributed by atoms with Crippen molar-refractivity contribution in [3.05, 3.63) is 65.5 Å². The molecule has 0 radical (unpaired) electrons. The van der Waals surface area contributed by atoms with E-state index in [-0.39, 0.29) is 54.9 Å². The lowest BCUT2D eigenvalue weighted by molar-refractivity contribution is -0.170. The van der Waals surface area contributed by atoms with Crippen molar-refractivity contribution in [2.75, 3.05) is 25.0 Å². The molecule has 4 amide bonds. The van der Waals surface area contributed by atoms with E-state index >= 15 is 0 Å². The molecule has 2 heterocycles. The third kappa shape index (κ3) is 5.82. The number of amides is 4. The molecule has 0 spiro atoms. The van der Waals surface area contributed by atoms with Gasteiger partial charge in [0.15, 0.2) is 5.78 Å². The molecule has 2 aromatic rings. The highest BCUT2D eigenvalue weighted by atomic mass is 19.1. The summed E-state index contributed by atoms with van der Waals surface area (Å²) >= 11 is 0. The minimum Gasteiger partial charge on any atom is -0.337 e. The second-order valence-electron chi connectivity index (χ2n) is 10.8. The number of hydrogen-bond donors (Lipinski definition) is 1. The van der Waals surface area contributed by atoms with Crippen molar-refractivity contribution in [1.29, 1.82) is 0 Å². The third-order valence-corrected chi connectivity index (χ3v) is 8.27. The highest BCUT2D eigenvalue weighted by molar-refractivity contribution is 5.96. The summed E-state index contributed by atoms with van der Waals surface area (Å²) in [7, 11) is 0. The molecule has 39 heavy (non-hydrogen) atoms. The van der Waals surface area contributed by atoms with E-state index in [0.29, 0.717) is 24.2 Å². The molecule has 0 unspecified atom stereocenters. The van der Waals surface area contributed by atoms with Crippen LogP contribution in [0.1, 0.15) is 61.4 Å². The Hall–Kier alpha value is -3.75. The fraction of sp³-hybridized carbons (Fsp3) is 0.467. The molecule has 3 fully saturated rings. The SMILES string of the molecule is CC(=O)c1ccc(NC(=O)N2CCC(=O)N3[C@@H](C4CCCCC4)C(=O)N(CCc4ccc(F)cc4)C[C@H]23)cc1. The van der Waals surface area contributed by atoms with Crippen molar-refractivity contribution in [3.63, 3.8) is 0 Å². The van der Waals surface area contributed by atoms with Gasteiger partial charge < -0.3 is 20.0 Å². The van der Waals surface area contributed by atoms with Crippen molar-refractivity contribution < 1.29 is 23.6 Å². The van der Waals surface area contributed by atoms with Gasteiger partial charge in [0.1, 0.15) is 18.0 Å². The quantitative estimate of drug-likeness (QED) is 0.555. The van der Waals surface area contributed by atoms with Crippen LogP contribution < -0.4 is 5.32 Å². The fourth-order valence-electron chi connectivity index (χ4n) is 6.15. The molecule has 1 saturated carbocycles. The Labute approximate surface area is 228 Å². The van der Waals surface area contributed by atoms with Crippen molar-refractivity contribution in [2.45, 2.75) is 64.1 Å². The van der Waals surface area contributed by atoms with Gasteiger partial charge in [-0.15, -0.1) is 0 Å². The van der Waals surface area contributed by atoms with Crippen LogP contribution >= 0.6 is 0 Å². The highest BCUT2D eigenvalue weighted by Gasteiger charge is 2.51. The van der Waals surface area contributed by atoms with E-state index in [2.05, 4.69) is 5.32 Å². The van der Waals surface area contributed by atoms with Crippen LogP contribution in [-0.2, 0) is 16.0 Å². The summed E-state index contributed by atoms with van der Waals surface area (Å²) in [6, 6.07) is 12.0. The van der Waals surface area contributed by atoms with E-state index in [9.17, 15) is 23.6 Å². The van der Waals surface area contributed by atoms with Gasteiger partial charge in [-0.3, -0.25) is 14.4 Å². The summed E-state index contributed by atoms with van der Waals surface area (Å²) in [6.45, 7) is 2.40. The van der Waals surface area contributed by atoms with E-state index in [1.54, 1.807) is 51.1 Å². The number of halogens is 1. The Morgan fingerprint density at radius 3 is 2.33 bits per heavy atom. The summed E-state index contributed by atoms with van der Waals surface area (Å²) in [5.74, 6) is -0.445. The number of hydrogen-bond acceptors (Lipinski definition) is 4. The van der Waals surface area contributed by atoms with Gasteiger partial charge in [0, 0.05) is 30.8 Å². The molecule has 9 heteroatoms. The zero-order chi connectivity index (χ0) is 27.5. The fourth-order valence-corrected chi connectivity index (χ4v) is 6.15. The lowest BCUT2D eigenvalue weighted by Crippen LogP contribution is -2.73. The second kappa shape index (κ2) is 11.6. The average Bonchev–Trinajstić information content (AvgIpc) is 2.94. The van der Waals surface area contributed by atoms with Crippen LogP contribution in [0.4, 0.5) is 14.9 Å². The number of carbonyl (C=O) groups excluding carboxylic acids is 4. The van der Waals surface area contributed by atoms with Crippen LogP contribution in [0.3, 0.4) is 0 Å². The van der Waals surface area contributed by atoms with Gasteiger partial charge in [0.25, 0.3) is 0 Å². The molecule has 206 valence electrons. The number of carbonyl (C=O) groups is 4. The van der Waals surface area contributed by atoms with Crippen LogP contribution in [0.15, 0.2) is 48.5 Å². The largest absolute Gasteiger partial charge is 0.337 e. The Balaban J connectivity index is 1.39. The average molecular weight is 535 g/mol. The van der Waals surface area contributed by atoms with Gasteiger partial charge in [-0.2, -0.15) is 0 Å². The summed E-state index contributed by atoms with van der Waals surface area (Å²) in [5, 5.41) is 2.91. The Morgan fingerprint density at radius 1 is 0.974 bits per heavy atom. The second-order valence-corrected chi connectivity index (χ2v) is 10.8. The van der Waals surface area contributed by atoms with E-state index in [4.69, 9.17) is 0 Å². The smallest absolute Gasteiger partial charge is 0.323 e. The molecule has 2 aromatic carbocycles. The van der Waals surface area contributed by atoms with Crippen molar-refractivity contribution in [1.82, 2.24) is 14.7 Å². The molecular weight excluding hydrogens is 499 g/mol. The van der Waals surface area contributed by atoms with Crippen LogP contribution in [-0.4, -0.2) is 70.2 Å². The van der Waals surface area contributed by atoms with Gasteiger partial charge in [-0.1, -0.05) is 31.4 Å². The monoisotopic (exact) mass is 534 g/mol. The Kier molecular flexibility index (Phi) is 7.95. The molecule has 2 aliphatic heterocycles. The molecule has 3 aliphatic rings.